The number of carbonyl (C=O) groups excluding carboxylic acids is 2. The van der Waals surface area contributed by atoms with E-state index in [4.69, 9.17) is 17.0 Å². The number of rotatable bonds is 3. The predicted molar refractivity (Wildman–Crippen MR) is 80.1 cm³/mol. The van der Waals surface area contributed by atoms with E-state index in [-0.39, 0.29) is 16.7 Å². The summed E-state index contributed by atoms with van der Waals surface area (Å²) in [5.74, 6) is -0.464. The molecule has 2 rings (SSSR count). The number of Topliss-reactive ketones (excluding diaryl/α,β-unsaturated/α-hetero) is 1. The van der Waals surface area contributed by atoms with Gasteiger partial charge in [-0.05, 0) is 12.1 Å². The summed E-state index contributed by atoms with van der Waals surface area (Å²) in [6.45, 7) is 3.78. The van der Waals surface area contributed by atoms with Crippen LogP contribution in [0.2, 0.25) is 0 Å². The van der Waals surface area contributed by atoms with Gasteiger partial charge < -0.3 is 15.0 Å². The van der Waals surface area contributed by atoms with Gasteiger partial charge in [0.05, 0.1) is 18.9 Å². The second-order valence-corrected chi connectivity index (χ2v) is 4.85. The summed E-state index contributed by atoms with van der Waals surface area (Å²) in [7, 11) is 0. The van der Waals surface area contributed by atoms with E-state index in [9.17, 15) is 9.59 Å². The fourth-order valence-corrected chi connectivity index (χ4v) is 2.30. The minimum atomic E-state index is -0.244. The van der Waals surface area contributed by atoms with Gasteiger partial charge in [0.1, 0.15) is 0 Å². The summed E-state index contributed by atoms with van der Waals surface area (Å²) in [6.07, 6.45) is 0. The van der Waals surface area contributed by atoms with Gasteiger partial charge in [-0.1, -0.05) is 24.4 Å². The van der Waals surface area contributed by atoms with Crippen molar-refractivity contribution in [2.75, 3.05) is 31.6 Å². The second-order valence-electron chi connectivity index (χ2n) is 4.46. The van der Waals surface area contributed by atoms with Crippen molar-refractivity contribution >= 4 is 34.6 Å². The Bertz CT molecular complexity index is 539. The third-order valence-electron chi connectivity index (χ3n) is 2.97. The van der Waals surface area contributed by atoms with Gasteiger partial charge in [-0.3, -0.25) is 9.59 Å². The number of ketones is 1. The molecule has 1 fully saturated rings. The van der Waals surface area contributed by atoms with Gasteiger partial charge in [0.15, 0.2) is 4.99 Å². The van der Waals surface area contributed by atoms with E-state index in [1.54, 1.807) is 24.3 Å². The Kier molecular flexibility index (Phi) is 4.81. The SMILES string of the molecule is CC(=O)Nc1ccccc1C(=O)C(=S)N1CCOCC1. The molecule has 1 amide bonds. The van der Waals surface area contributed by atoms with Crippen molar-refractivity contribution in [1.29, 1.82) is 0 Å². The zero-order valence-electron chi connectivity index (χ0n) is 11.2. The molecule has 0 atom stereocenters. The summed E-state index contributed by atoms with van der Waals surface area (Å²) in [5, 5.41) is 2.65. The number of hydrogen-bond acceptors (Lipinski definition) is 4. The number of ether oxygens (including phenoxy) is 1. The Morgan fingerprint density at radius 2 is 1.90 bits per heavy atom. The fraction of sp³-hybridized carbons (Fsp3) is 0.357. The lowest BCUT2D eigenvalue weighted by Crippen LogP contribution is -2.43. The number of carbonyl (C=O) groups is 2. The average Bonchev–Trinajstić information content (AvgIpc) is 2.46. The van der Waals surface area contributed by atoms with Crippen LogP contribution in [0.5, 0.6) is 0 Å². The summed E-state index contributed by atoms with van der Waals surface area (Å²) in [5.41, 5.74) is 0.903. The van der Waals surface area contributed by atoms with Crippen LogP contribution in [0, 0.1) is 0 Å². The first-order valence-electron chi connectivity index (χ1n) is 6.37. The normalized spacial score (nSPS) is 14.8. The highest BCUT2D eigenvalue weighted by molar-refractivity contribution is 7.82. The van der Waals surface area contributed by atoms with Crippen molar-refractivity contribution < 1.29 is 14.3 Å². The molecule has 0 bridgehead atoms. The number of nitrogens with one attached hydrogen (secondary N) is 1. The smallest absolute Gasteiger partial charge is 0.222 e. The molecule has 1 aliphatic rings. The maximum Gasteiger partial charge on any atom is 0.222 e. The average molecular weight is 292 g/mol. The highest BCUT2D eigenvalue weighted by Crippen LogP contribution is 2.17. The van der Waals surface area contributed by atoms with Crippen LogP contribution in [0.4, 0.5) is 5.69 Å². The molecule has 20 heavy (non-hydrogen) atoms. The summed E-state index contributed by atoms with van der Waals surface area (Å²) >= 11 is 5.26. The molecular formula is C14H16N2O3S. The predicted octanol–water partition coefficient (Wildman–Crippen LogP) is 1.49. The Morgan fingerprint density at radius 1 is 1.25 bits per heavy atom. The molecule has 0 aromatic heterocycles. The van der Waals surface area contributed by atoms with E-state index < -0.39 is 0 Å². The first kappa shape index (κ1) is 14.6. The lowest BCUT2D eigenvalue weighted by atomic mass is 10.1. The van der Waals surface area contributed by atoms with Gasteiger partial charge in [0.2, 0.25) is 11.7 Å². The van der Waals surface area contributed by atoms with Crippen LogP contribution in [0.3, 0.4) is 0 Å². The van der Waals surface area contributed by atoms with Crippen LogP contribution in [0.1, 0.15) is 17.3 Å². The fourth-order valence-electron chi connectivity index (χ4n) is 2.01. The standard InChI is InChI=1S/C14H16N2O3S/c1-10(17)15-12-5-3-2-4-11(12)13(18)14(20)16-6-8-19-9-7-16/h2-5H,6-9H2,1H3,(H,15,17). The largest absolute Gasteiger partial charge is 0.378 e. The van der Waals surface area contributed by atoms with Crippen molar-refractivity contribution in [3.8, 4) is 0 Å². The molecule has 5 nitrogen and oxygen atoms in total. The molecular weight excluding hydrogens is 276 g/mol. The number of anilines is 1. The highest BCUT2D eigenvalue weighted by atomic mass is 32.1. The monoisotopic (exact) mass is 292 g/mol. The molecule has 1 aromatic carbocycles. The van der Waals surface area contributed by atoms with Gasteiger partial charge in [0, 0.05) is 25.6 Å². The molecule has 106 valence electrons. The Morgan fingerprint density at radius 3 is 2.55 bits per heavy atom. The Balaban J connectivity index is 2.19. The molecule has 0 radical (unpaired) electrons. The third-order valence-corrected chi connectivity index (χ3v) is 3.42. The van der Waals surface area contributed by atoms with E-state index >= 15 is 0 Å². The molecule has 1 saturated heterocycles. The number of hydrogen-bond donors (Lipinski definition) is 1. The quantitative estimate of drug-likeness (QED) is 0.675. The number of amides is 1. The summed E-state index contributed by atoms with van der Waals surface area (Å²) < 4.78 is 5.24. The number of thiocarbonyl (C=S) groups is 1. The number of nitrogens with zero attached hydrogens (tertiary/aromatic N) is 1. The molecule has 0 aliphatic carbocycles. The molecule has 0 saturated carbocycles. The Hall–Kier alpha value is -1.79. The van der Waals surface area contributed by atoms with Gasteiger partial charge in [-0.2, -0.15) is 0 Å². The lowest BCUT2D eigenvalue weighted by molar-refractivity contribution is -0.114. The van der Waals surface area contributed by atoms with Crippen molar-refractivity contribution in [2.45, 2.75) is 6.92 Å². The second kappa shape index (κ2) is 6.58. The van der Waals surface area contributed by atoms with E-state index in [0.717, 1.165) is 0 Å². The molecule has 1 N–H and O–H groups in total. The van der Waals surface area contributed by atoms with Gasteiger partial charge >= 0.3 is 0 Å². The van der Waals surface area contributed by atoms with Crippen molar-refractivity contribution in [1.82, 2.24) is 4.90 Å². The maximum atomic E-state index is 12.5. The number of para-hydroxylation sites is 1. The number of benzene rings is 1. The van der Waals surface area contributed by atoms with E-state index in [1.807, 2.05) is 4.90 Å². The van der Waals surface area contributed by atoms with E-state index in [0.29, 0.717) is 37.6 Å². The third kappa shape index (κ3) is 3.40. The highest BCUT2D eigenvalue weighted by Gasteiger charge is 2.23. The zero-order chi connectivity index (χ0) is 14.5. The summed E-state index contributed by atoms with van der Waals surface area (Å²) in [4.78, 5) is 25.8. The van der Waals surface area contributed by atoms with Gasteiger partial charge in [-0.15, -0.1) is 0 Å². The van der Waals surface area contributed by atoms with Gasteiger partial charge in [0.25, 0.3) is 0 Å². The zero-order valence-corrected chi connectivity index (χ0v) is 12.0. The van der Waals surface area contributed by atoms with Crippen molar-refractivity contribution in [3.05, 3.63) is 29.8 Å². The van der Waals surface area contributed by atoms with Crippen molar-refractivity contribution in [3.63, 3.8) is 0 Å². The minimum absolute atomic E-state index is 0.220. The van der Waals surface area contributed by atoms with Crippen LogP contribution in [-0.4, -0.2) is 47.9 Å². The molecule has 0 unspecified atom stereocenters. The van der Waals surface area contributed by atoms with E-state index in [1.165, 1.54) is 6.92 Å². The maximum absolute atomic E-state index is 12.5. The van der Waals surface area contributed by atoms with Crippen LogP contribution < -0.4 is 5.32 Å². The minimum Gasteiger partial charge on any atom is -0.378 e. The molecule has 6 heteroatoms. The van der Waals surface area contributed by atoms with Crippen LogP contribution in [-0.2, 0) is 9.53 Å². The topological polar surface area (TPSA) is 58.6 Å². The van der Waals surface area contributed by atoms with Crippen LogP contribution >= 0.6 is 12.2 Å². The molecule has 0 spiro atoms. The van der Waals surface area contributed by atoms with Crippen molar-refractivity contribution in [2.24, 2.45) is 0 Å². The first-order valence-corrected chi connectivity index (χ1v) is 6.78. The van der Waals surface area contributed by atoms with Crippen LogP contribution in [0.25, 0.3) is 0 Å². The first-order chi connectivity index (χ1) is 9.59. The van der Waals surface area contributed by atoms with E-state index in [2.05, 4.69) is 5.32 Å². The van der Waals surface area contributed by atoms with Crippen LogP contribution in [0.15, 0.2) is 24.3 Å². The number of morpholine rings is 1. The lowest BCUT2D eigenvalue weighted by Gasteiger charge is -2.28. The Labute approximate surface area is 122 Å². The van der Waals surface area contributed by atoms with Gasteiger partial charge in [-0.25, -0.2) is 0 Å². The molecule has 1 aliphatic heterocycles. The molecule has 1 aromatic rings. The summed E-state index contributed by atoms with van der Waals surface area (Å²) in [6, 6.07) is 6.87. The molecule has 1 heterocycles.